The van der Waals surface area contributed by atoms with Gasteiger partial charge in [0.25, 0.3) is 5.91 Å². The number of nitrogens with two attached hydrogens (primary N) is 3. The summed E-state index contributed by atoms with van der Waals surface area (Å²) >= 11 is 0. The molecule has 1 aliphatic rings. The fourth-order valence-corrected chi connectivity index (χ4v) is 6.45. The van der Waals surface area contributed by atoms with Gasteiger partial charge in [-0.25, -0.2) is 4.79 Å². The third-order valence-electron chi connectivity index (χ3n) is 9.05. The van der Waals surface area contributed by atoms with E-state index in [1.807, 2.05) is 50.2 Å². The van der Waals surface area contributed by atoms with Crippen molar-refractivity contribution in [2.45, 2.75) is 88.8 Å². The second-order valence-corrected chi connectivity index (χ2v) is 13.9. The second kappa shape index (κ2) is 18.8. The molecular weight excluding hydrogens is 698 g/mol. The van der Waals surface area contributed by atoms with Crippen molar-refractivity contribution >= 4 is 46.3 Å². The van der Waals surface area contributed by atoms with Gasteiger partial charge in [0.2, 0.25) is 17.7 Å². The van der Waals surface area contributed by atoms with Crippen molar-refractivity contribution in [1.82, 2.24) is 16.0 Å². The number of rotatable bonds is 18. The standard InChI is InChI=1S/C38H49N7O9/c1-20(2)15-26(29-18-24-9-5-11-28(46)32(24)37(53)54-29)45-36(52)34(50)33(49)25(10-6-14-42-38(40)41)44-35(51)27(19-30(39)47)43-31(48)17-21-12-13-22-7-3-4-8-23(22)16-21/h3-5,7-9,11-13,16,20,25-27,29,33-34,46,49-50H,6,10,14-15,17-19H2,1-2H3,(H2,39,47)(H,43,48)(H,44,51)(H,45,52)(H4,40,41,42)/t25-,26-,27+,29-,33-,34-/m0/s1. The number of benzene rings is 3. The van der Waals surface area contributed by atoms with E-state index in [1.165, 1.54) is 6.07 Å². The van der Waals surface area contributed by atoms with Crippen molar-refractivity contribution in [3.05, 3.63) is 77.4 Å². The van der Waals surface area contributed by atoms with Gasteiger partial charge in [0.05, 0.1) is 24.9 Å². The molecule has 0 aliphatic carbocycles. The molecule has 290 valence electrons. The Hall–Kier alpha value is -5.74. The first kappa shape index (κ1) is 41.0. The highest BCUT2D eigenvalue weighted by Crippen LogP contribution is 2.30. The Morgan fingerprint density at radius 3 is 2.33 bits per heavy atom. The van der Waals surface area contributed by atoms with E-state index in [0.29, 0.717) is 17.5 Å². The lowest BCUT2D eigenvalue weighted by Crippen LogP contribution is -2.59. The number of nitrogens with zero attached hydrogens (tertiary/aromatic N) is 1. The van der Waals surface area contributed by atoms with Crippen LogP contribution in [0.2, 0.25) is 0 Å². The first-order chi connectivity index (χ1) is 25.6. The van der Waals surface area contributed by atoms with Crippen LogP contribution >= 0.6 is 0 Å². The van der Waals surface area contributed by atoms with E-state index < -0.39 is 72.5 Å². The van der Waals surface area contributed by atoms with Crippen molar-refractivity contribution in [3.8, 4) is 5.75 Å². The number of carbonyl (C=O) groups excluding carboxylic acids is 5. The predicted molar refractivity (Wildman–Crippen MR) is 200 cm³/mol. The molecule has 16 nitrogen and oxygen atoms in total. The van der Waals surface area contributed by atoms with Gasteiger partial charge in [-0.3, -0.25) is 24.2 Å². The zero-order chi connectivity index (χ0) is 39.5. The molecule has 0 spiro atoms. The molecule has 16 heteroatoms. The molecule has 54 heavy (non-hydrogen) atoms. The predicted octanol–water partition coefficient (Wildman–Crippen LogP) is 0.0209. The lowest BCUT2D eigenvalue weighted by molar-refractivity contribution is -0.140. The number of hydrogen-bond donors (Lipinski definition) is 9. The van der Waals surface area contributed by atoms with E-state index in [1.54, 1.807) is 18.2 Å². The number of ether oxygens (including phenoxy) is 1. The number of amides is 4. The molecule has 0 bridgehead atoms. The number of phenols is 1. The minimum Gasteiger partial charge on any atom is -0.507 e. The third kappa shape index (κ3) is 11.4. The van der Waals surface area contributed by atoms with Crippen LogP contribution in [0.3, 0.4) is 0 Å². The summed E-state index contributed by atoms with van der Waals surface area (Å²) in [5.74, 6) is -4.54. The number of guanidine groups is 1. The van der Waals surface area contributed by atoms with Crippen LogP contribution in [0.4, 0.5) is 0 Å². The zero-order valence-electron chi connectivity index (χ0n) is 30.2. The summed E-state index contributed by atoms with van der Waals surface area (Å²) in [5, 5.41) is 42.3. The number of aliphatic hydroxyl groups is 2. The van der Waals surface area contributed by atoms with Gasteiger partial charge < -0.3 is 53.2 Å². The van der Waals surface area contributed by atoms with Crippen LogP contribution in [0.25, 0.3) is 10.8 Å². The molecule has 0 unspecified atom stereocenters. The normalized spacial score (nSPS) is 16.5. The van der Waals surface area contributed by atoms with Gasteiger partial charge in [-0.15, -0.1) is 0 Å². The number of aromatic hydroxyl groups is 1. The Kier molecular flexibility index (Phi) is 14.3. The Labute approximate surface area is 312 Å². The Morgan fingerprint density at radius 2 is 1.65 bits per heavy atom. The van der Waals surface area contributed by atoms with E-state index in [9.17, 15) is 39.3 Å². The van der Waals surface area contributed by atoms with Crippen LogP contribution in [-0.4, -0.2) is 93.9 Å². The molecule has 1 aliphatic heterocycles. The van der Waals surface area contributed by atoms with Gasteiger partial charge in [0, 0.05) is 13.0 Å². The number of hydrogen-bond acceptors (Lipinski definition) is 10. The van der Waals surface area contributed by atoms with Gasteiger partial charge in [-0.2, -0.15) is 0 Å². The zero-order valence-corrected chi connectivity index (χ0v) is 30.2. The fraction of sp³-hybridized carbons (Fsp3) is 0.421. The van der Waals surface area contributed by atoms with Crippen LogP contribution in [-0.2, 0) is 36.8 Å². The SMILES string of the molecule is CC(C)C[C@H](NC(=O)[C@@H](O)[C@@H](O)[C@H](CCCN=C(N)N)NC(=O)[C@@H](CC(N)=O)NC(=O)Cc1ccc2ccccc2c1)[C@@H]1Cc2cccc(O)c2C(=O)O1. The molecule has 12 N–H and O–H groups in total. The summed E-state index contributed by atoms with van der Waals surface area (Å²) in [4.78, 5) is 68.9. The summed E-state index contributed by atoms with van der Waals surface area (Å²) in [5.41, 5.74) is 17.5. The maximum Gasteiger partial charge on any atom is 0.342 e. The van der Waals surface area contributed by atoms with Crippen molar-refractivity contribution in [1.29, 1.82) is 0 Å². The molecule has 3 aromatic carbocycles. The molecule has 0 fully saturated rings. The average Bonchev–Trinajstić information content (AvgIpc) is 3.10. The summed E-state index contributed by atoms with van der Waals surface area (Å²) in [6.45, 7) is 3.86. The van der Waals surface area contributed by atoms with E-state index in [-0.39, 0.29) is 55.4 Å². The molecule has 1 heterocycles. The van der Waals surface area contributed by atoms with Crippen LogP contribution < -0.4 is 33.2 Å². The van der Waals surface area contributed by atoms with Crippen LogP contribution in [0, 0.1) is 5.92 Å². The molecule has 0 radical (unpaired) electrons. The number of nitrogens with one attached hydrogen (secondary N) is 3. The lowest BCUT2D eigenvalue weighted by atomic mass is 9.90. The molecule has 4 rings (SSSR count). The van der Waals surface area contributed by atoms with E-state index in [4.69, 9.17) is 21.9 Å². The van der Waals surface area contributed by atoms with Gasteiger partial charge in [0.15, 0.2) is 12.1 Å². The van der Waals surface area contributed by atoms with Gasteiger partial charge >= 0.3 is 5.97 Å². The van der Waals surface area contributed by atoms with E-state index >= 15 is 0 Å². The number of phenolic OH excluding ortho intramolecular Hbond substituents is 1. The highest BCUT2D eigenvalue weighted by Gasteiger charge is 2.39. The summed E-state index contributed by atoms with van der Waals surface area (Å²) in [6, 6.07) is 14.1. The van der Waals surface area contributed by atoms with Gasteiger partial charge in [0.1, 0.15) is 29.6 Å². The largest absolute Gasteiger partial charge is 0.507 e. The highest BCUT2D eigenvalue weighted by atomic mass is 16.5. The number of fused-ring (bicyclic) bond motifs is 2. The number of aliphatic hydroxyl groups excluding tert-OH is 2. The number of cyclic esters (lactones) is 1. The Bertz CT molecular complexity index is 1860. The summed E-state index contributed by atoms with van der Waals surface area (Å²) < 4.78 is 5.61. The summed E-state index contributed by atoms with van der Waals surface area (Å²) in [7, 11) is 0. The van der Waals surface area contributed by atoms with Crippen molar-refractivity contribution in [3.63, 3.8) is 0 Å². The number of carbonyl (C=O) groups is 5. The van der Waals surface area contributed by atoms with Crippen LogP contribution in [0.1, 0.15) is 61.0 Å². The molecule has 6 atom stereocenters. The van der Waals surface area contributed by atoms with Gasteiger partial charge in [-0.1, -0.05) is 68.4 Å². The monoisotopic (exact) mass is 747 g/mol. The minimum absolute atomic E-state index is 0.00264. The quantitative estimate of drug-likeness (QED) is 0.0362. The minimum atomic E-state index is -2.10. The van der Waals surface area contributed by atoms with Crippen molar-refractivity contribution in [2.75, 3.05) is 6.54 Å². The molecule has 0 saturated carbocycles. The molecule has 0 saturated heterocycles. The van der Waals surface area contributed by atoms with Gasteiger partial charge in [-0.05, 0) is 53.1 Å². The third-order valence-corrected chi connectivity index (χ3v) is 9.05. The maximum absolute atomic E-state index is 13.6. The first-order valence-electron chi connectivity index (χ1n) is 17.7. The lowest BCUT2D eigenvalue weighted by Gasteiger charge is -2.34. The maximum atomic E-state index is 13.6. The number of esters is 1. The highest BCUT2D eigenvalue weighted by molar-refractivity contribution is 5.95. The molecule has 4 amide bonds. The average molecular weight is 748 g/mol. The van der Waals surface area contributed by atoms with E-state index in [2.05, 4.69) is 20.9 Å². The van der Waals surface area contributed by atoms with E-state index in [0.717, 1.165) is 10.8 Å². The summed E-state index contributed by atoms with van der Waals surface area (Å²) in [6.07, 6.45) is -4.91. The Morgan fingerprint density at radius 1 is 0.926 bits per heavy atom. The number of aliphatic imine (C=N–C) groups is 1. The van der Waals surface area contributed by atoms with Crippen molar-refractivity contribution in [2.24, 2.45) is 28.1 Å². The fourth-order valence-electron chi connectivity index (χ4n) is 6.45. The molecule has 0 aromatic heterocycles. The first-order valence-corrected chi connectivity index (χ1v) is 17.7. The molecular formula is C38H49N7O9. The van der Waals surface area contributed by atoms with Crippen LogP contribution in [0.15, 0.2) is 65.7 Å². The topological polar surface area (TPSA) is 282 Å². The molecule has 3 aromatic rings. The van der Waals surface area contributed by atoms with Crippen molar-refractivity contribution < 1.29 is 44.0 Å². The Balaban J connectivity index is 1.48. The second-order valence-electron chi connectivity index (χ2n) is 13.9. The smallest absolute Gasteiger partial charge is 0.342 e. The van der Waals surface area contributed by atoms with Crippen LogP contribution in [0.5, 0.6) is 5.75 Å². The number of primary amides is 1.